The van der Waals surface area contributed by atoms with Gasteiger partial charge in [-0.15, -0.1) is 0 Å². The van der Waals surface area contributed by atoms with Gasteiger partial charge in [-0.05, 0) is 18.3 Å². The van der Waals surface area contributed by atoms with Crippen LogP contribution in [0.25, 0.3) is 0 Å². The zero-order chi connectivity index (χ0) is 9.07. The summed E-state index contributed by atoms with van der Waals surface area (Å²) in [5, 5.41) is 8.78. The van der Waals surface area contributed by atoms with Gasteiger partial charge in [0, 0.05) is 0 Å². The molecule has 0 aromatic rings. The highest BCUT2D eigenvalue weighted by molar-refractivity contribution is 5.02. The van der Waals surface area contributed by atoms with Gasteiger partial charge in [-0.2, -0.15) is 0 Å². The van der Waals surface area contributed by atoms with E-state index >= 15 is 0 Å². The second-order valence-corrected chi connectivity index (χ2v) is 4.33. The van der Waals surface area contributed by atoms with E-state index < -0.39 is 0 Å². The quantitative estimate of drug-likeness (QED) is 0.609. The fourth-order valence-electron chi connectivity index (χ4n) is 0.729. The summed E-state index contributed by atoms with van der Waals surface area (Å²) in [5.41, 5.74) is 1.36. The standard InChI is InChI=1S/C10H20O/c1-8(7-11)6-9(2)10(3,4)5/h6,9,11H,7H2,1-5H3/b8-6-. The van der Waals surface area contributed by atoms with Crippen LogP contribution in [0.2, 0.25) is 0 Å². The lowest BCUT2D eigenvalue weighted by Gasteiger charge is -2.24. The molecular weight excluding hydrogens is 136 g/mol. The third kappa shape index (κ3) is 4.20. The van der Waals surface area contributed by atoms with Gasteiger partial charge >= 0.3 is 0 Å². The molecule has 0 bridgehead atoms. The Morgan fingerprint density at radius 3 is 2.18 bits per heavy atom. The molecule has 0 aromatic carbocycles. The molecule has 0 amide bonds. The van der Waals surface area contributed by atoms with Crippen molar-refractivity contribution in [2.75, 3.05) is 6.61 Å². The lowest BCUT2D eigenvalue weighted by atomic mass is 9.81. The van der Waals surface area contributed by atoms with Gasteiger partial charge < -0.3 is 5.11 Å². The van der Waals surface area contributed by atoms with Crippen LogP contribution < -0.4 is 0 Å². The van der Waals surface area contributed by atoms with Gasteiger partial charge in [0.05, 0.1) is 6.61 Å². The Bertz CT molecular complexity index is 139. The van der Waals surface area contributed by atoms with Crippen LogP contribution in [-0.2, 0) is 0 Å². The molecule has 1 N–H and O–H groups in total. The Balaban J connectivity index is 4.17. The number of hydrogen-bond acceptors (Lipinski definition) is 1. The van der Waals surface area contributed by atoms with Crippen molar-refractivity contribution in [1.29, 1.82) is 0 Å². The molecular formula is C10H20O. The Morgan fingerprint density at radius 2 is 1.91 bits per heavy atom. The van der Waals surface area contributed by atoms with E-state index in [0.29, 0.717) is 11.3 Å². The van der Waals surface area contributed by atoms with Crippen LogP contribution in [0.15, 0.2) is 11.6 Å². The Hall–Kier alpha value is -0.300. The maximum absolute atomic E-state index is 8.78. The number of aliphatic hydroxyl groups excluding tert-OH is 1. The van der Waals surface area contributed by atoms with Crippen LogP contribution in [0, 0.1) is 11.3 Å². The monoisotopic (exact) mass is 156 g/mol. The highest BCUT2D eigenvalue weighted by Gasteiger charge is 2.17. The smallest absolute Gasteiger partial charge is 0.0639 e. The molecule has 66 valence electrons. The molecule has 0 rings (SSSR count). The summed E-state index contributed by atoms with van der Waals surface area (Å²) in [6.45, 7) is 10.9. The SMILES string of the molecule is C/C(=C/C(C)C(C)(C)C)CO. The minimum Gasteiger partial charge on any atom is -0.392 e. The molecule has 1 heteroatoms. The first-order chi connectivity index (χ1) is 4.88. The van der Waals surface area contributed by atoms with E-state index in [1.165, 1.54) is 0 Å². The summed E-state index contributed by atoms with van der Waals surface area (Å²) < 4.78 is 0. The second kappa shape index (κ2) is 3.91. The van der Waals surface area contributed by atoms with Crippen molar-refractivity contribution in [3.05, 3.63) is 11.6 Å². The second-order valence-electron chi connectivity index (χ2n) is 4.33. The minimum atomic E-state index is 0.181. The molecule has 0 saturated carbocycles. The molecule has 1 atom stereocenters. The largest absolute Gasteiger partial charge is 0.392 e. The van der Waals surface area contributed by atoms with E-state index in [0.717, 1.165) is 5.57 Å². The zero-order valence-corrected chi connectivity index (χ0v) is 8.31. The van der Waals surface area contributed by atoms with Crippen LogP contribution in [-0.4, -0.2) is 11.7 Å². The van der Waals surface area contributed by atoms with Gasteiger partial charge in [0.25, 0.3) is 0 Å². The topological polar surface area (TPSA) is 20.2 Å². The van der Waals surface area contributed by atoms with Crippen molar-refractivity contribution in [2.45, 2.75) is 34.6 Å². The average molecular weight is 156 g/mol. The highest BCUT2D eigenvalue weighted by atomic mass is 16.3. The Kier molecular flexibility index (Phi) is 3.81. The highest BCUT2D eigenvalue weighted by Crippen LogP contribution is 2.26. The van der Waals surface area contributed by atoms with Crippen molar-refractivity contribution >= 4 is 0 Å². The molecule has 0 radical (unpaired) electrons. The van der Waals surface area contributed by atoms with Crippen LogP contribution >= 0.6 is 0 Å². The summed E-state index contributed by atoms with van der Waals surface area (Å²) in [5.74, 6) is 0.523. The lowest BCUT2D eigenvalue weighted by Crippen LogP contribution is -2.15. The maximum atomic E-state index is 8.78. The van der Waals surface area contributed by atoms with Crippen molar-refractivity contribution in [1.82, 2.24) is 0 Å². The van der Waals surface area contributed by atoms with Gasteiger partial charge in [0.2, 0.25) is 0 Å². The zero-order valence-electron chi connectivity index (χ0n) is 8.31. The van der Waals surface area contributed by atoms with E-state index in [1.807, 2.05) is 6.92 Å². The molecule has 0 heterocycles. The number of rotatable bonds is 2. The van der Waals surface area contributed by atoms with Gasteiger partial charge in [-0.3, -0.25) is 0 Å². The number of allylic oxidation sites excluding steroid dienone is 1. The molecule has 11 heavy (non-hydrogen) atoms. The molecule has 0 fully saturated rings. The minimum absolute atomic E-state index is 0.181. The summed E-state index contributed by atoms with van der Waals surface area (Å²) in [4.78, 5) is 0. The number of hydrogen-bond donors (Lipinski definition) is 1. The number of aliphatic hydroxyl groups is 1. The van der Waals surface area contributed by atoms with E-state index in [9.17, 15) is 0 Å². The Morgan fingerprint density at radius 1 is 1.45 bits per heavy atom. The third-order valence-corrected chi connectivity index (χ3v) is 2.15. The van der Waals surface area contributed by atoms with Gasteiger partial charge in [-0.25, -0.2) is 0 Å². The first kappa shape index (κ1) is 10.7. The first-order valence-corrected chi connectivity index (χ1v) is 4.16. The summed E-state index contributed by atoms with van der Waals surface area (Å²) >= 11 is 0. The van der Waals surface area contributed by atoms with Crippen molar-refractivity contribution < 1.29 is 5.11 Å². The van der Waals surface area contributed by atoms with Crippen molar-refractivity contribution in [2.24, 2.45) is 11.3 Å². The van der Waals surface area contributed by atoms with Crippen molar-refractivity contribution in [3.8, 4) is 0 Å². The van der Waals surface area contributed by atoms with Crippen LogP contribution in [0.5, 0.6) is 0 Å². The van der Waals surface area contributed by atoms with E-state index in [2.05, 4.69) is 33.8 Å². The van der Waals surface area contributed by atoms with Crippen LogP contribution in [0.4, 0.5) is 0 Å². The molecule has 0 aliphatic carbocycles. The molecule has 1 unspecified atom stereocenters. The fraction of sp³-hybridized carbons (Fsp3) is 0.800. The predicted molar refractivity (Wildman–Crippen MR) is 49.5 cm³/mol. The molecule has 0 spiro atoms. The Labute approximate surface area is 70.1 Å². The summed E-state index contributed by atoms with van der Waals surface area (Å²) in [6, 6.07) is 0. The van der Waals surface area contributed by atoms with Gasteiger partial charge in [0.1, 0.15) is 0 Å². The normalized spacial score (nSPS) is 16.7. The molecule has 0 aliphatic rings. The van der Waals surface area contributed by atoms with E-state index in [1.54, 1.807) is 0 Å². The summed E-state index contributed by atoms with van der Waals surface area (Å²) in [6.07, 6.45) is 2.14. The molecule has 0 aromatic heterocycles. The summed E-state index contributed by atoms with van der Waals surface area (Å²) in [7, 11) is 0. The fourth-order valence-corrected chi connectivity index (χ4v) is 0.729. The van der Waals surface area contributed by atoms with E-state index in [4.69, 9.17) is 5.11 Å². The maximum Gasteiger partial charge on any atom is 0.0639 e. The van der Waals surface area contributed by atoms with Gasteiger partial charge in [-0.1, -0.05) is 39.3 Å². The lowest BCUT2D eigenvalue weighted by molar-refractivity contribution is 0.303. The first-order valence-electron chi connectivity index (χ1n) is 4.16. The average Bonchev–Trinajstić information content (AvgIpc) is 1.85. The molecule has 0 saturated heterocycles. The molecule has 1 nitrogen and oxygen atoms in total. The third-order valence-electron chi connectivity index (χ3n) is 2.15. The van der Waals surface area contributed by atoms with Crippen LogP contribution in [0.3, 0.4) is 0 Å². The van der Waals surface area contributed by atoms with Gasteiger partial charge in [0.15, 0.2) is 0 Å². The molecule has 0 aliphatic heterocycles. The van der Waals surface area contributed by atoms with Crippen molar-refractivity contribution in [3.63, 3.8) is 0 Å². The van der Waals surface area contributed by atoms with Crippen LogP contribution in [0.1, 0.15) is 34.6 Å². The predicted octanol–water partition coefficient (Wildman–Crippen LogP) is 2.61. The van der Waals surface area contributed by atoms with E-state index in [-0.39, 0.29) is 6.61 Å².